The molecule has 98 valence electrons. The number of nitrogens with zero attached hydrogens (tertiary/aromatic N) is 2. The fourth-order valence-corrected chi connectivity index (χ4v) is 2.61. The Balaban J connectivity index is 1.80. The number of hydrogen-bond acceptors (Lipinski definition) is 3. The van der Waals surface area contributed by atoms with E-state index in [0.29, 0.717) is 5.91 Å². The lowest BCUT2D eigenvalue weighted by atomic mass is 10.2. The summed E-state index contributed by atoms with van der Waals surface area (Å²) in [5.74, 6) is 0.295. The van der Waals surface area contributed by atoms with Crippen molar-refractivity contribution in [1.29, 1.82) is 0 Å². The lowest BCUT2D eigenvalue weighted by molar-refractivity contribution is -0.130. The van der Waals surface area contributed by atoms with Gasteiger partial charge in [0.25, 0.3) is 0 Å². The van der Waals surface area contributed by atoms with E-state index in [4.69, 9.17) is 0 Å². The van der Waals surface area contributed by atoms with Gasteiger partial charge in [-0.05, 0) is 33.2 Å². The number of carbonyl (C=O) groups excluding carboxylic acids is 1. The largest absolute Gasteiger partial charge is 0.325 e. The second kappa shape index (κ2) is 5.36. The van der Waals surface area contributed by atoms with E-state index in [2.05, 4.69) is 31.1 Å². The zero-order valence-electron chi connectivity index (χ0n) is 11.3. The molecule has 2 atom stereocenters. The molecule has 1 amide bonds. The van der Waals surface area contributed by atoms with Gasteiger partial charge in [-0.2, -0.15) is 0 Å². The fourth-order valence-electron chi connectivity index (χ4n) is 2.61. The van der Waals surface area contributed by atoms with Gasteiger partial charge in [-0.1, -0.05) is 13.3 Å². The zero-order valence-corrected chi connectivity index (χ0v) is 11.3. The van der Waals surface area contributed by atoms with Crippen LogP contribution in [0.1, 0.15) is 39.5 Å². The predicted octanol–water partition coefficient (Wildman–Crippen LogP) is 1.03. The summed E-state index contributed by atoms with van der Waals surface area (Å²) in [5, 5.41) is 3.38. The molecule has 1 heterocycles. The van der Waals surface area contributed by atoms with Crippen LogP contribution in [0, 0.1) is 0 Å². The Morgan fingerprint density at radius 2 is 2.18 bits per heavy atom. The maximum Gasteiger partial charge on any atom is 0.241 e. The molecule has 1 aliphatic heterocycles. The van der Waals surface area contributed by atoms with Crippen molar-refractivity contribution in [1.82, 2.24) is 15.1 Å². The van der Waals surface area contributed by atoms with E-state index in [1.807, 2.05) is 4.90 Å². The molecule has 1 saturated carbocycles. The third-order valence-electron chi connectivity index (χ3n) is 3.93. The Hall–Kier alpha value is -0.610. The molecule has 1 saturated heterocycles. The summed E-state index contributed by atoms with van der Waals surface area (Å²) in [6.45, 7) is 6.08. The van der Waals surface area contributed by atoms with Crippen LogP contribution in [0.15, 0.2) is 0 Å². The molecule has 2 rings (SSSR count). The van der Waals surface area contributed by atoms with Crippen LogP contribution in [0.5, 0.6) is 0 Å². The Morgan fingerprint density at radius 1 is 1.47 bits per heavy atom. The fraction of sp³-hybridized carbons (Fsp3) is 0.923. The average molecular weight is 239 g/mol. The van der Waals surface area contributed by atoms with Crippen molar-refractivity contribution in [2.45, 2.75) is 57.8 Å². The van der Waals surface area contributed by atoms with Crippen LogP contribution < -0.4 is 5.32 Å². The second-order valence-corrected chi connectivity index (χ2v) is 5.43. The maximum absolute atomic E-state index is 12.1. The van der Waals surface area contributed by atoms with E-state index in [0.717, 1.165) is 32.0 Å². The van der Waals surface area contributed by atoms with Gasteiger partial charge in [0.2, 0.25) is 5.91 Å². The summed E-state index contributed by atoms with van der Waals surface area (Å²) in [6, 6.07) is 0.837. The van der Waals surface area contributed by atoms with Crippen LogP contribution in [0.4, 0.5) is 0 Å². The van der Waals surface area contributed by atoms with Gasteiger partial charge in [-0.15, -0.1) is 0 Å². The normalized spacial score (nSPS) is 29.4. The molecule has 0 aromatic carbocycles. The highest BCUT2D eigenvalue weighted by Gasteiger charge is 2.36. The van der Waals surface area contributed by atoms with Crippen molar-refractivity contribution < 1.29 is 4.79 Å². The van der Waals surface area contributed by atoms with Crippen molar-refractivity contribution in [3.63, 3.8) is 0 Å². The highest BCUT2D eigenvalue weighted by Crippen LogP contribution is 2.25. The molecule has 0 aromatic rings. The first-order valence-corrected chi connectivity index (χ1v) is 6.90. The number of amides is 1. The molecule has 1 N–H and O–H groups in total. The number of carbonyl (C=O) groups is 1. The molecule has 2 fully saturated rings. The van der Waals surface area contributed by atoms with Crippen LogP contribution in [0.3, 0.4) is 0 Å². The first kappa shape index (κ1) is 12.8. The molecule has 0 radical (unpaired) electrons. The Kier molecular flexibility index (Phi) is 4.05. The van der Waals surface area contributed by atoms with Gasteiger partial charge in [0.1, 0.15) is 0 Å². The molecular formula is C13H25N3O. The molecule has 2 unspecified atom stereocenters. The first-order chi connectivity index (χ1) is 8.13. The number of hydrogen-bond donors (Lipinski definition) is 1. The van der Waals surface area contributed by atoms with Gasteiger partial charge >= 0.3 is 0 Å². The minimum Gasteiger partial charge on any atom is -0.325 e. The lowest BCUT2D eigenvalue weighted by Gasteiger charge is -2.24. The summed E-state index contributed by atoms with van der Waals surface area (Å²) in [6.07, 6.45) is 4.88. The van der Waals surface area contributed by atoms with Crippen molar-refractivity contribution >= 4 is 5.91 Å². The van der Waals surface area contributed by atoms with E-state index < -0.39 is 0 Å². The quantitative estimate of drug-likeness (QED) is 0.752. The average Bonchev–Trinajstić information content (AvgIpc) is 3.08. The van der Waals surface area contributed by atoms with Crippen LogP contribution in [-0.4, -0.2) is 54.1 Å². The Morgan fingerprint density at radius 3 is 2.76 bits per heavy atom. The standard InChI is InChI=1S/C13H25N3O/c1-4-5-12-13(17)16(10(2)14-12)9-8-15(3)11-6-7-11/h10-12,14H,4-9H2,1-3H3. The Bertz CT molecular complexity index is 278. The zero-order chi connectivity index (χ0) is 12.4. The molecule has 4 heteroatoms. The minimum atomic E-state index is 0.0567. The van der Waals surface area contributed by atoms with Crippen LogP contribution in [-0.2, 0) is 4.79 Å². The predicted molar refractivity (Wildman–Crippen MR) is 68.7 cm³/mol. The van der Waals surface area contributed by atoms with Gasteiger partial charge in [-0.25, -0.2) is 0 Å². The molecule has 0 aromatic heterocycles. The third kappa shape index (κ3) is 2.99. The summed E-state index contributed by atoms with van der Waals surface area (Å²) in [4.78, 5) is 16.5. The summed E-state index contributed by atoms with van der Waals surface area (Å²) in [5.41, 5.74) is 0. The minimum absolute atomic E-state index is 0.0567. The van der Waals surface area contributed by atoms with Crippen LogP contribution in [0.25, 0.3) is 0 Å². The second-order valence-electron chi connectivity index (χ2n) is 5.43. The monoisotopic (exact) mass is 239 g/mol. The topological polar surface area (TPSA) is 35.6 Å². The lowest BCUT2D eigenvalue weighted by Crippen LogP contribution is -2.40. The third-order valence-corrected chi connectivity index (χ3v) is 3.93. The first-order valence-electron chi connectivity index (χ1n) is 6.90. The molecule has 17 heavy (non-hydrogen) atoms. The van der Waals surface area contributed by atoms with Crippen LogP contribution in [0.2, 0.25) is 0 Å². The van der Waals surface area contributed by atoms with E-state index in [-0.39, 0.29) is 12.2 Å². The van der Waals surface area contributed by atoms with E-state index in [1.54, 1.807) is 0 Å². The van der Waals surface area contributed by atoms with Gasteiger partial charge in [0.05, 0.1) is 12.2 Å². The molecular weight excluding hydrogens is 214 g/mol. The van der Waals surface area contributed by atoms with E-state index in [9.17, 15) is 4.79 Å². The number of rotatable bonds is 6. The van der Waals surface area contributed by atoms with Crippen molar-refractivity contribution in [2.75, 3.05) is 20.1 Å². The van der Waals surface area contributed by atoms with E-state index >= 15 is 0 Å². The van der Waals surface area contributed by atoms with Crippen molar-refractivity contribution in [3.8, 4) is 0 Å². The molecule has 4 nitrogen and oxygen atoms in total. The number of nitrogens with one attached hydrogen (secondary N) is 1. The molecule has 0 spiro atoms. The summed E-state index contributed by atoms with van der Waals surface area (Å²) in [7, 11) is 2.17. The van der Waals surface area contributed by atoms with E-state index in [1.165, 1.54) is 12.8 Å². The summed E-state index contributed by atoms with van der Waals surface area (Å²) >= 11 is 0. The molecule has 0 bridgehead atoms. The van der Waals surface area contributed by atoms with Gasteiger partial charge < -0.3 is 9.80 Å². The Labute approximate surface area is 104 Å². The van der Waals surface area contributed by atoms with Crippen molar-refractivity contribution in [3.05, 3.63) is 0 Å². The molecule has 2 aliphatic rings. The van der Waals surface area contributed by atoms with Gasteiger partial charge in [0.15, 0.2) is 0 Å². The SMILES string of the molecule is CCCC1NC(C)N(CCN(C)C2CC2)C1=O. The highest BCUT2D eigenvalue weighted by atomic mass is 16.2. The maximum atomic E-state index is 12.1. The van der Waals surface area contributed by atoms with Gasteiger partial charge in [-0.3, -0.25) is 10.1 Å². The number of likely N-dealkylation sites (N-methyl/N-ethyl adjacent to an activating group) is 1. The summed E-state index contributed by atoms with van der Waals surface area (Å²) < 4.78 is 0. The van der Waals surface area contributed by atoms with Gasteiger partial charge in [0, 0.05) is 19.1 Å². The highest BCUT2D eigenvalue weighted by molar-refractivity contribution is 5.84. The smallest absolute Gasteiger partial charge is 0.241 e. The van der Waals surface area contributed by atoms with Crippen LogP contribution >= 0.6 is 0 Å². The molecule has 1 aliphatic carbocycles. The van der Waals surface area contributed by atoms with Crippen molar-refractivity contribution in [2.24, 2.45) is 0 Å².